The molecule has 0 saturated carbocycles. The molecule has 0 unspecified atom stereocenters. The van der Waals surface area contributed by atoms with Crippen LogP contribution in [0.5, 0.6) is 0 Å². The summed E-state index contributed by atoms with van der Waals surface area (Å²) < 4.78 is 10.2. The molecule has 3 rings (SSSR count). The van der Waals surface area contributed by atoms with Gasteiger partial charge in [0, 0.05) is 45.3 Å². The summed E-state index contributed by atoms with van der Waals surface area (Å²) in [5.41, 5.74) is 0.153. The Morgan fingerprint density at radius 2 is 1.92 bits per heavy atom. The summed E-state index contributed by atoms with van der Waals surface area (Å²) in [6.07, 6.45) is -0.315. The minimum Gasteiger partial charge on any atom is -0.453 e. The Labute approximate surface area is 150 Å². The SMILES string of the molecule is COC(=O)N1CCN(CCNC(=O)c2cc(=O)c3ccccc3o2)CC1. The average molecular weight is 359 g/mol. The van der Waals surface area contributed by atoms with E-state index in [4.69, 9.17) is 9.15 Å². The van der Waals surface area contributed by atoms with Crippen LogP contribution < -0.4 is 10.7 Å². The number of nitrogens with one attached hydrogen (secondary N) is 1. The molecule has 0 radical (unpaired) electrons. The van der Waals surface area contributed by atoms with E-state index in [1.807, 2.05) is 0 Å². The van der Waals surface area contributed by atoms with Gasteiger partial charge >= 0.3 is 6.09 Å². The van der Waals surface area contributed by atoms with Gasteiger partial charge in [0.25, 0.3) is 5.91 Å². The van der Waals surface area contributed by atoms with E-state index in [-0.39, 0.29) is 17.3 Å². The lowest BCUT2D eigenvalue weighted by atomic mass is 10.2. The molecule has 138 valence electrons. The van der Waals surface area contributed by atoms with E-state index in [1.54, 1.807) is 29.2 Å². The molecule has 26 heavy (non-hydrogen) atoms. The second-order valence-corrected chi connectivity index (χ2v) is 6.03. The van der Waals surface area contributed by atoms with Crippen LogP contribution >= 0.6 is 0 Å². The Hall–Kier alpha value is -2.87. The monoisotopic (exact) mass is 359 g/mol. The van der Waals surface area contributed by atoms with Crippen LogP contribution in [0.4, 0.5) is 4.79 Å². The van der Waals surface area contributed by atoms with Gasteiger partial charge < -0.3 is 19.4 Å². The molecule has 2 amide bonds. The maximum absolute atomic E-state index is 12.2. The van der Waals surface area contributed by atoms with E-state index >= 15 is 0 Å². The molecule has 8 nitrogen and oxygen atoms in total. The van der Waals surface area contributed by atoms with Gasteiger partial charge in [-0.3, -0.25) is 14.5 Å². The molecule has 2 aromatic rings. The number of piperazine rings is 1. The van der Waals surface area contributed by atoms with Crippen LogP contribution in [0.3, 0.4) is 0 Å². The van der Waals surface area contributed by atoms with Crippen molar-refractivity contribution in [3.05, 3.63) is 46.3 Å². The van der Waals surface area contributed by atoms with Crippen molar-refractivity contribution in [2.45, 2.75) is 0 Å². The van der Waals surface area contributed by atoms with Crippen molar-refractivity contribution in [3.8, 4) is 0 Å². The molecular weight excluding hydrogens is 338 g/mol. The quantitative estimate of drug-likeness (QED) is 0.872. The lowest BCUT2D eigenvalue weighted by Crippen LogP contribution is -2.50. The smallest absolute Gasteiger partial charge is 0.409 e. The maximum atomic E-state index is 12.2. The fraction of sp³-hybridized carbons (Fsp3) is 0.389. The highest BCUT2D eigenvalue weighted by atomic mass is 16.5. The van der Waals surface area contributed by atoms with Crippen molar-refractivity contribution in [1.29, 1.82) is 0 Å². The van der Waals surface area contributed by atoms with E-state index in [0.29, 0.717) is 37.1 Å². The molecule has 1 aliphatic heterocycles. The fourth-order valence-corrected chi connectivity index (χ4v) is 2.91. The number of nitrogens with zero attached hydrogens (tertiary/aromatic N) is 2. The molecule has 1 aromatic carbocycles. The van der Waals surface area contributed by atoms with E-state index in [0.717, 1.165) is 13.1 Å². The maximum Gasteiger partial charge on any atom is 0.409 e. The van der Waals surface area contributed by atoms with Gasteiger partial charge in [-0.05, 0) is 12.1 Å². The van der Waals surface area contributed by atoms with Crippen LogP contribution in [-0.2, 0) is 4.74 Å². The van der Waals surface area contributed by atoms with Crippen molar-refractivity contribution in [3.63, 3.8) is 0 Å². The molecule has 1 aliphatic rings. The number of amides is 2. The Morgan fingerprint density at radius 1 is 1.19 bits per heavy atom. The molecule has 8 heteroatoms. The number of hydrogen-bond donors (Lipinski definition) is 1. The molecule has 1 aromatic heterocycles. The summed E-state index contributed by atoms with van der Waals surface area (Å²) in [4.78, 5) is 39.5. The third-order valence-corrected chi connectivity index (χ3v) is 4.38. The summed E-state index contributed by atoms with van der Waals surface area (Å²) in [6.45, 7) is 3.71. The van der Waals surface area contributed by atoms with Gasteiger partial charge in [0.05, 0.1) is 12.5 Å². The number of ether oxygens (including phenoxy) is 1. The Morgan fingerprint density at radius 3 is 2.65 bits per heavy atom. The van der Waals surface area contributed by atoms with Gasteiger partial charge in [-0.1, -0.05) is 12.1 Å². The Bertz CT molecular complexity index is 855. The van der Waals surface area contributed by atoms with Crippen molar-refractivity contribution in [2.75, 3.05) is 46.4 Å². The van der Waals surface area contributed by atoms with Gasteiger partial charge in [-0.15, -0.1) is 0 Å². The second-order valence-electron chi connectivity index (χ2n) is 6.03. The van der Waals surface area contributed by atoms with Crippen molar-refractivity contribution in [1.82, 2.24) is 15.1 Å². The van der Waals surface area contributed by atoms with Crippen LogP contribution in [0.2, 0.25) is 0 Å². The molecule has 1 N–H and O–H groups in total. The Kier molecular flexibility index (Phi) is 5.52. The molecule has 0 spiro atoms. The molecule has 1 saturated heterocycles. The van der Waals surface area contributed by atoms with Gasteiger partial charge in [-0.2, -0.15) is 0 Å². The van der Waals surface area contributed by atoms with Gasteiger partial charge in [0.1, 0.15) is 5.58 Å². The first kappa shape index (κ1) is 17.9. The summed E-state index contributed by atoms with van der Waals surface area (Å²) in [5, 5.41) is 3.22. The number of carbonyl (C=O) groups excluding carboxylic acids is 2. The highest BCUT2D eigenvalue weighted by Crippen LogP contribution is 2.11. The first-order valence-electron chi connectivity index (χ1n) is 8.45. The summed E-state index contributed by atoms with van der Waals surface area (Å²) in [5.74, 6) is -0.412. The predicted octanol–water partition coefficient (Wildman–Crippen LogP) is 0.907. The zero-order chi connectivity index (χ0) is 18.5. The van der Waals surface area contributed by atoms with Crippen LogP contribution in [-0.4, -0.2) is 68.2 Å². The van der Waals surface area contributed by atoms with Gasteiger partial charge in [-0.25, -0.2) is 4.79 Å². The summed E-state index contributed by atoms with van der Waals surface area (Å²) in [6, 6.07) is 8.04. The topological polar surface area (TPSA) is 92.1 Å². The zero-order valence-corrected chi connectivity index (χ0v) is 14.6. The summed E-state index contributed by atoms with van der Waals surface area (Å²) in [7, 11) is 1.37. The molecular formula is C18H21N3O5. The van der Waals surface area contributed by atoms with E-state index in [1.165, 1.54) is 13.2 Å². The van der Waals surface area contributed by atoms with Gasteiger partial charge in [0.15, 0.2) is 11.2 Å². The number of benzene rings is 1. The molecule has 1 fully saturated rings. The van der Waals surface area contributed by atoms with E-state index in [2.05, 4.69) is 10.2 Å². The third-order valence-electron chi connectivity index (χ3n) is 4.38. The second kappa shape index (κ2) is 8.01. The molecule has 0 aliphatic carbocycles. The summed E-state index contributed by atoms with van der Waals surface area (Å²) >= 11 is 0. The third kappa shape index (κ3) is 4.02. The normalized spacial score (nSPS) is 15.0. The van der Waals surface area contributed by atoms with Gasteiger partial charge in [0.2, 0.25) is 0 Å². The predicted molar refractivity (Wildman–Crippen MR) is 95.2 cm³/mol. The minimum absolute atomic E-state index is 0.00390. The average Bonchev–Trinajstić information content (AvgIpc) is 2.67. The lowest BCUT2D eigenvalue weighted by Gasteiger charge is -2.33. The van der Waals surface area contributed by atoms with Crippen molar-refractivity contribution in [2.24, 2.45) is 0 Å². The van der Waals surface area contributed by atoms with E-state index in [9.17, 15) is 14.4 Å². The Balaban J connectivity index is 1.51. The number of hydrogen-bond acceptors (Lipinski definition) is 6. The van der Waals surface area contributed by atoms with Crippen LogP contribution in [0.15, 0.2) is 39.5 Å². The number of rotatable bonds is 4. The first-order chi connectivity index (χ1) is 12.6. The zero-order valence-electron chi connectivity index (χ0n) is 14.6. The number of fused-ring (bicyclic) bond motifs is 1. The standard InChI is InChI=1S/C18H21N3O5/c1-25-18(24)21-10-8-20(9-11-21)7-6-19-17(23)16-12-14(22)13-4-2-3-5-15(13)26-16/h2-5,12H,6-11H2,1H3,(H,19,23). The fourth-order valence-electron chi connectivity index (χ4n) is 2.91. The minimum atomic E-state index is -0.416. The molecule has 0 atom stereocenters. The van der Waals surface area contributed by atoms with E-state index < -0.39 is 5.91 Å². The largest absolute Gasteiger partial charge is 0.453 e. The van der Waals surface area contributed by atoms with Crippen LogP contribution in [0.25, 0.3) is 11.0 Å². The number of carbonyl (C=O) groups is 2. The van der Waals surface area contributed by atoms with Crippen molar-refractivity contribution >= 4 is 23.0 Å². The number of para-hydroxylation sites is 1. The van der Waals surface area contributed by atoms with Crippen LogP contribution in [0, 0.1) is 0 Å². The van der Waals surface area contributed by atoms with Crippen molar-refractivity contribution < 1.29 is 18.7 Å². The highest BCUT2D eigenvalue weighted by Gasteiger charge is 2.21. The van der Waals surface area contributed by atoms with Crippen LogP contribution in [0.1, 0.15) is 10.6 Å². The highest BCUT2D eigenvalue weighted by molar-refractivity contribution is 5.93. The number of methoxy groups -OCH3 is 1. The lowest BCUT2D eigenvalue weighted by molar-refractivity contribution is 0.0873. The molecule has 0 bridgehead atoms. The molecule has 2 heterocycles. The first-order valence-corrected chi connectivity index (χ1v) is 8.45.